The molecule has 1 aliphatic heterocycles. The number of hydrogen-bond donors (Lipinski definition) is 0. The monoisotopic (exact) mass is 234 g/mol. The molecule has 0 aliphatic carbocycles. The molecule has 3 nitrogen and oxygen atoms in total. The smallest absolute Gasteiger partial charge is 0.137 e. The first kappa shape index (κ1) is 12.4. The van der Waals surface area contributed by atoms with Crippen molar-refractivity contribution in [2.75, 3.05) is 20.2 Å². The molecule has 0 bridgehead atoms. The minimum Gasteiger partial charge on any atom is -0.490 e. The zero-order valence-electron chi connectivity index (χ0n) is 11.1. The molecule has 0 amide bonds. The van der Waals surface area contributed by atoms with E-state index < -0.39 is 0 Å². The number of ether oxygens (including phenoxy) is 1. The lowest BCUT2D eigenvalue weighted by Crippen LogP contribution is -2.30. The second-order valence-electron chi connectivity index (χ2n) is 4.86. The van der Waals surface area contributed by atoms with Crippen molar-refractivity contribution < 1.29 is 4.74 Å². The maximum absolute atomic E-state index is 5.85. The second-order valence-corrected chi connectivity index (χ2v) is 4.86. The van der Waals surface area contributed by atoms with Crippen molar-refractivity contribution in [2.24, 2.45) is 0 Å². The number of pyridine rings is 1. The van der Waals surface area contributed by atoms with Gasteiger partial charge in [0.05, 0.1) is 6.20 Å². The van der Waals surface area contributed by atoms with Crippen LogP contribution in [0.4, 0.5) is 0 Å². The van der Waals surface area contributed by atoms with Crippen LogP contribution in [0.5, 0.6) is 5.75 Å². The molecule has 0 aromatic carbocycles. The van der Waals surface area contributed by atoms with Gasteiger partial charge in [0.1, 0.15) is 12.4 Å². The van der Waals surface area contributed by atoms with Crippen molar-refractivity contribution in [1.29, 1.82) is 0 Å². The summed E-state index contributed by atoms with van der Waals surface area (Å²) in [5.74, 6) is 0.910. The fourth-order valence-corrected chi connectivity index (χ4v) is 2.38. The number of nitrogens with zero attached hydrogens (tertiary/aromatic N) is 2. The van der Waals surface area contributed by atoms with E-state index in [4.69, 9.17) is 4.74 Å². The van der Waals surface area contributed by atoms with Crippen LogP contribution in [-0.4, -0.2) is 36.1 Å². The van der Waals surface area contributed by atoms with Gasteiger partial charge in [-0.15, -0.1) is 0 Å². The first-order chi connectivity index (χ1) is 8.20. The van der Waals surface area contributed by atoms with Crippen LogP contribution in [-0.2, 0) is 6.42 Å². The average Bonchev–Trinajstić information content (AvgIpc) is 2.74. The van der Waals surface area contributed by atoms with Gasteiger partial charge in [0.15, 0.2) is 0 Å². The van der Waals surface area contributed by atoms with Crippen LogP contribution in [0.25, 0.3) is 0 Å². The fraction of sp³-hybridized carbons (Fsp3) is 0.643. The van der Waals surface area contributed by atoms with Crippen molar-refractivity contribution in [3.8, 4) is 5.75 Å². The lowest BCUT2D eigenvalue weighted by Gasteiger charge is -2.19. The van der Waals surface area contributed by atoms with E-state index in [1.165, 1.54) is 24.9 Å². The number of likely N-dealkylation sites (N-methyl/N-ethyl adjacent to an activating group) is 1. The SMILES string of the molecule is CCc1cc(OC[C@H]2CCCN2C)cnc1C. The van der Waals surface area contributed by atoms with Crippen molar-refractivity contribution in [1.82, 2.24) is 9.88 Å². The third-order valence-corrected chi connectivity index (χ3v) is 3.66. The highest BCUT2D eigenvalue weighted by Crippen LogP contribution is 2.19. The summed E-state index contributed by atoms with van der Waals surface area (Å²) in [7, 11) is 2.17. The van der Waals surface area contributed by atoms with Gasteiger partial charge < -0.3 is 9.64 Å². The first-order valence-electron chi connectivity index (χ1n) is 6.49. The van der Waals surface area contributed by atoms with Crippen LogP contribution in [0, 0.1) is 6.92 Å². The largest absolute Gasteiger partial charge is 0.490 e. The van der Waals surface area contributed by atoms with Crippen LogP contribution in [0.2, 0.25) is 0 Å². The highest BCUT2D eigenvalue weighted by atomic mass is 16.5. The van der Waals surface area contributed by atoms with E-state index >= 15 is 0 Å². The van der Waals surface area contributed by atoms with Crippen LogP contribution >= 0.6 is 0 Å². The number of rotatable bonds is 4. The highest BCUT2D eigenvalue weighted by Gasteiger charge is 2.21. The Morgan fingerprint density at radius 2 is 2.35 bits per heavy atom. The molecule has 2 heterocycles. The Hall–Kier alpha value is -1.09. The maximum Gasteiger partial charge on any atom is 0.137 e. The molecule has 1 fully saturated rings. The summed E-state index contributed by atoms with van der Waals surface area (Å²) in [5, 5.41) is 0. The van der Waals surface area contributed by atoms with Gasteiger partial charge in [-0.05, 0) is 51.4 Å². The predicted octanol–water partition coefficient (Wildman–Crippen LogP) is 2.43. The van der Waals surface area contributed by atoms with Crippen LogP contribution in [0.3, 0.4) is 0 Å². The Morgan fingerprint density at radius 3 is 3.00 bits per heavy atom. The Kier molecular flexibility index (Phi) is 4.00. The van der Waals surface area contributed by atoms with Gasteiger partial charge in [-0.1, -0.05) is 6.92 Å². The molecule has 1 saturated heterocycles. The molecular formula is C14H22N2O. The summed E-state index contributed by atoms with van der Waals surface area (Å²) >= 11 is 0. The molecule has 0 saturated carbocycles. The second kappa shape index (κ2) is 5.50. The summed E-state index contributed by atoms with van der Waals surface area (Å²) in [6.45, 7) is 6.18. The lowest BCUT2D eigenvalue weighted by atomic mass is 10.1. The van der Waals surface area contributed by atoms with Gasteiger partial charge in [0, 0.05) is 11.7 Å². The van der Waals surface area contributed by atoms with E-state index in [1.54, 1.807) is 0 Å². The maximum atomic E-state index is 5.85. The summed E-state index contributed by atoms with van der Waals surface area (Å²) in [6, 6.07) is 2.69. The zero-order chi connectivity index (χ0) is 12.3. The van der Waals surface area contributed by atoms with E-state index in [9.17, 15) is 0 Å². The summed E-state index contributed by atoms with van der Waals surface area (Å²) in [4.78, 5) is 6.75. The molecule has 2 rings (SSSR count). The summed E-state index contributed by atoms with van der Waals surface area (Å²) < 4.78 is 5.85. The van der Waals surface area contributed by atoms with Crippen molar-refractivity contribution in [3.63, 3.8) is 0 Å². The third-order valence-electron chi connectivity index (χ3n) is 3.66. The molecule has 0 spiro atoms. The van der Waals surface area contributed by atoms with Gasteiger partial charge in [0.2, 0.25) is 0 Å². The van der Waals surface area contributed by atoms with E-state index in [2.05, 4.69) is 29.9 Å². The predicted molar refractivity (Wildman–Crippen MR) is 69.5 cm³/mol. The molecule has 0 radical (unpaired) electrons. The first-order valence-corrected chi connectivity index (χ1v) is 6.49. The quantitative estimate of drug-likeness (QED) is 0.800. The third kappa shape index (κ3) is 2.97. The number of aromatic nitrogens is 1. The Bertz CT molecular complexity index is 378. The fourth-order valence-electron chi connectivity index (χ4n) is 2.38. The van der Waals surface area contributed by atoms with Gasteiger partial charge >= 0.3 is 0 Å². The molecule has 94 valence electrons. The van der Waals surface area contributed by atoms with Crippen molar-refractivity contribution >= 4 is 0 Å². The van der Waals surface area contributed by atoms with Gasteiger partial charge in [-0.25, -0.2) is 0 Å². The molecule has 1 atom stereocenters. The lowest BCUT2D eigenvalue weighted by molar-refractivity contribution is 0.197. The highest BCUT2D eigenvalue weighted by molar-refractivity contribution is 5.28. The van der Waals surface area contributed by atoms with Gasteiger partial charge in [-0.3, -0.25) is 4.98 Å². The van der Waals surface area contributed by atoms with E-state index in [0.29, 0.717) is 6.04 Å². The summed E-state index contributed by atoms with van der Waals surface area (Å²) in [5.41, 5.74) is 2.39. The van der Waals surface area contributed by atoms with Crippen molar-refractivity contribution in [3.05, 3.63) is 23.5 Å². The molecule has 17 heavy (non-hydrogen) atoms. The number of likely N-dealkylation sites (tertiary alicyclic amines) is 1. The Labute approximate surface area is 104 Å². The minimum atomic E-state index is 0.571. The molecule has 1 aliphatic rings. The Morgan fingerprint density at radius 1 is 1.53 bits per heavy atom. The number of aryl methyl sites for hydroxylation is 2. The molecular weight excluding hydrogens is 212 g/mol. The van der Waals surface area contributed by atoms with E-state index in [-0.39, 0.29) is 0 Å². The van der Waals surface area contributed by atoms with Crippen LogP contribution < -0.4 is 4.74 Å². The summed E-state index contributed by atoms with van der Waals surface area (Å²) in [6.07, 6.45) is 5.39. The van der Waals surface area contributed by atoms with Gasteiger partial charge in [-0.2, -0.15) is 0 Å². The minimum absolute atomic E-state index is 0.571. The average molecular weight is 234 g/mol. The van der Waals surface area contributed by atoms with E-state index in [0.717, 1.165) is 24.5 Å². The standard InChI is InChI=1S/C14H22N2O/c1-4-12-8-14(9-15-11(12)2)17-10-13-6-5-7-16(13)3/h8-9,13H,4-7,10H2,1-3H3/t13-/m1/s1. The Balaban J connectivity index is 1.94. The molecule has 1 aromatic rings. The molecule has 3 heteroatoms. The number of hydrogen-bond acceptors (Lipinski definition) is 3. The van der Waals surface area contributed by atoms with Crippen LogP contribution in [0.1, 0.15) is 31.0 Å². The van der Waals surface area contributed by atoms with Crippen LogP contribution in [0.15, 0.2) is 12.3 Å². The molecule has 0 N–H and O–H groups in total. The molecule has 0 unspecified atom stereocenters. The molecule has 1 aromatic heterocycles. The topological polar surface area (TPSA) is 25.4 Å². The zero-order valence-corrected chi connectivity index (χ0v) is 11.1. The van der Waals surface area contributed by atoms with Crippen molar-refractivity contribution in [2.45, 2.75) is 39.2 Å². The van der Waals surface area contributed by atoms with Gasteiger partial charge in [0.25, 0.3) is 0 Å². The normalized spacial score (nSPS) is 20.8. The van der Waals surface area contributed by atoms with E-state index in [1.807, 2.05) is 13.1 Å².